The maximum absolute atomic E-state index is 12.6. The van der Waals surface area contributed by atoms with Crippen LogP contribution in [-0.2, 0) is 6.54 Å². The highest BCUT2D eigenvalue weighted by molar-refractivity contribution is 5.94. The highest BCUT2D eigenvalue weighted by Crippen LogP contribution is 2.47. The van der Waals surface area contributed by atoms with E-state index in [-0.39, 0.29) is 17.0 Å². The van der Waals surface area contributed by atoms with Gasteiger partial charge in [-0.3, -0.25) is 9.59 Å². The van der Waals surface area contributed by atoms with Crippen molar-refractivity contribution in [3.8, 4) is 0 Å². The van der Waals surface area contributed by atoms with Crippen LogP contribution in [-0.4, -0.2) is 16.0 Å². The van der Waals surface area contributed by atoms with Crippen LogP contribution in [0, 0.1) is 5.92 Å². The Morgan fingerprint density at radius 3 is 2.54 bits per heavy atom. The fraction of sp³-hybridized carbons (Fsp3) is 0.400. The maximum atomic E-state index is 12.6. The molecule has 2 saturated carbocycles. The first-order valence-corrected chi connectivity index (χ1v) is 8.71. The summed E-state index contributed by atoms with van der Waals surface area (Å²) in [6.07, 6.45) is 7.57. The molecule has 1 N–H and O–H groups in total. The van der Waals surface area contributed by atoms with Crippen molar-refractivity contribution in [1.82, 2.24) is 9.88 Å². The van der Waals surface area contributed by atoms with Crippen molar-refractivity contribution in [2.45, 2.75) is 44.2 Å². The minimum absolute atomic E-state index is 0.0264. The number of carbonyl (C=O) groups excluding carboxylic acids is 1. The van der Waals surface area contributed by atoms with Gasteiger partial charge >= 0.3 is 0 Å². The van der Waals surface area contributed by atoms with E-state index in [0.717, 1.165) is 30.7 Å². The molecule has 4 heteroatoms. The lowest BCUT2D eigenvalue weighted by Gasteiger charge is -2.17. The second kappa shape index (κ2) is 5.93. The van der Waals surface area contributed by atoms with Gasteiger partial charge in [-0.2, -0.15) is 0 Å². The first-order valence-electron chi connectivity index (χ1n) is 8.71. The number of hydrogen-bond acceptors (Lipinski definition) is 2. The highest BCUT2D eigenvalue weighted by Gasteiger charge is 2.47. The Morgan fingerprint density at radius 2 is 1.88 bits per heavy atom. The molecule has 0 bridgehead atoms. The molecule has 1 amide bonds. The zero-order valence-corrected chi connectivity index (χ0v) is 13.7. The van der Waals surface area contributed by atoms with E-state index in [1.54, 1.807) is 16.8 Å². The second-order valence-corrected chi connectivity index (χ2v) is 7.25. The van der Waals surface area contributed by atoms with Crippen LogP contribution in [0.3, 0.4) is 0 Å². The molecule has 0 radical (unpaired) electrons. The van der Waals surface area contributed by atoms with Crippen LogP contribution in [0.5, 0.6) is 0 Å². The molecule has 24 heavy (non-hydrogen) atoms. The molecule has 124 valence electrons. The fourth-order valence-corrected chi connectivity index (χ4v) is 3.29. The predicted octanol–water partition coefficient (Wildman–Crippen LogP) is 2.96. The van der Waals surface area contributed by atoms with Crippen molar-refractivity contribution in [3.63, 3.8) is 0 Å². The molecule has 0 aliphatic heterocycles. The Bertz CT molecular complexity index is 802. The number of nitrogens with one attached hydrogen (secondary N) is 1. The standard InChI is InChI=1S/C20H22N2O2/c23-18-9-8-17(14-22(18)13-16-4-2-1-3-5-16)19(24)21-20(10-11-20)12-15-6-7-15/h1-5,8-9,14-15H,6-7,10-13H2,(H,21,24). The van der Waals surface area contributed by atoms with Crippen molar-refractivity contribution < 1.29 is 4.79 Å². The third-order valence-corrected chi connectivity index (χ3v) is 5.05. The van der Waals surface area contributed by atoms with Gasteiger partial charge in [-0.05, 0) is 36.8 Å². The Balaban J connectivity index is 1.50. The zero-order chi connectivity index (χ0) is 16.6. The quantitative estimate of drug-likeness (QED) is 0.889. The Kier molecular flexibility index (Phi) is 3.75. The molecule has 4 rings (SSSR count). The lowest BCUT2D eigenvalue weighted by molar-refractivity contribution is 0.0927. The molecule has 0 spiro atoms. The number of nitrogens with zero attached hydrogens (tertiary/aromatic N) is 1. The summed E-state index contributed by atoms with van der Waals surface area (Å²) in [6, 6.07) is 12.9. The molecular weight excluding hydrogens is 300 g/mol. The van der Waals surface area contributed by atoms with Crippen molar-refractivity contribution >= 4 is 5.91 Å². The molecule has 0 saturated heterocycles. The normalized spacial score (nSPS) is 18.2. The molecule has 1 aromatic heterocycles. The van der Waals surface area contributed by atoms with Gasteiger partial charge in [0.1, 0.15) is 0 Å². The Morgan fingerprint density at radius 1 is 1.12 bits per heavy atom. The average Bonchev–Trinajstić information content (AvgIpc) is 3.50. The number of aromatic nitrogens is 1. The van der Waals surface area contributed by atoms with Gasteiger partial charge in [-0.25, -0.2) is 0 Å². The summed E-state index contributed by atoms with van der Waals surface area (Å²) >= 11 is 0. The monoisotopic (exact) mass is 322 g/mol. The van der Waals surface area contributed by atoms with E-state index in [1.807, 2.05) is 30.3 Å². The van der Waals surface area contributed by atoms with E-state index >= 15 is 0 Å². The van der Waals surface area contributed by atoms with E-state index in [2.05, 4.69) is 5.32 Å². The van der Waals surface area contributed by atoms with E-state index < -0.39 is 0 Å². The number of carbonyl (C=O) groups is 1. The second-order valence-electron chi connectivity index (χ2n) is 7.25. The Hall–Kier alpha value is -2.36. The minimum Gasteiger partial charge on any atom is -0.347 e. The van der Waals surface area contributed by atoms with Crippen LogP contribution < -0.4 is 10.9 Å². The van der Waals surface area contributed by atoms with Crippen molar-refractivity contribution in [2.24, 2.45) is 5.92 Å². The van der Waals surface area contributed by atoms with Crippen molar-refractivity contribution in [2.75, 3.05) is 0 Å². The first-order chi connectivity index (χ1) is 11.6. The third kappa shape index (κ3) is 3.42. The molecule has 1 aromatic carbocycles. The molecular formula is C20H22N2O2. The van der Waals surface area contributed by atoms with E-state index in [0.29, 0.717) is 12.1 Å². The van der Waals surface area contributed by atoms with E-state index in [1.165, 1.54) is 18.9 Å². The van der Waals surface area contributed by atoms with Crippen LogP contribution in [0.1, 0.15) is 48.0 Å². The van der Waals surface area contributed by atoms with Crippen LogP contribution >= 0.6 is 0 Å². The van der Waals surface area contributed by atoms with Gasteiger partial charge in [-0.1, -0.05) is 43.2 Å². The van der Waals surface area contributed by atoms with Gasteiger partial charge in [0.25, 0.3) is 11.5 Å². The van der Waals surface area contributed by atoms with Gasteiger partial charge in [0.2, 0.25) is 0 Å². The number of amides is 1. The third-order valence-electron chi connectivity index (χ3n) is 5.05. The fourth-order valence-electron chi connectivity index (χ4n) is 3.29. The number of benzene rings is 1. The molecule has 0 atom stereocenters. The molecule has 2 aromatic rings. The topological polar surface area (TPSA) is 51.1 Å². The number of rotatable bonds is 6. The van der Waals surface area contributed by atoms with Gasteiger partial charge in [0.05, 0.1) is 12.1 Å². The minimum atomic E-state index is -0.0884. The van der Waals surface area contributed by atoms with E-state index in [4.69, 9.17) is 0 Å². The number of pyridine rings is 1. The molecule has 0 unspecified atom stereocenters. The predicted molar refractivity (Wildman–Crippen MR) is 93.0 cm³/mol. The smallest absolute Gasteiger partial charge is 0.253 e. The SMILES string of the molecule is O=C(NC1(CC2CC2)CC1)c1ccc(=O)n(Cc2ccccc2)c1. The summed E-state index contributed by atoms with van der Waals surface area (Å²) in [6.45, 7) is 0.480. The van der Waals surface area contributed by atoms with Gasteiger partial charge in [0.15, 0.2) is 0 Å². The number of hydrogen-bond donors (Lipinski definition) is 1. The maximum Gasteiger partial charge on any atom is 0.253 e. The zero-order valence-electron chi connectivity index (χ0n) is 13.7. The summed E-state index contributed by atoms with van der Waals surface area (Å²) in [5, 5.41) is 3.21. The van der Waals surface area contributed by atoms with Gasteiger partial charge in [0, 0.05) is 17.8 Å². The molecule has 2 aliphatic rings. The summed E-state index contributed by atoms with van der Waals surface area (Å²) in [4.78, 5) is 24.7. The highest BCUT2D eigenvalue weighted by atomic mass is 16.2. The molecule has 1 heterocycles. The molecule has 2 aliphatic carbocycles. The van der Waals surface area contributed by atoms with Crippen LogP contribution in [0.4, 0.5) is 0 Å². The van der Waals surface area contributed by atoms with Crippen LogP contribution in [0.15, 0.2) is 53.5 Å². The lowest BCUT2D eigenvalue weighted by Crippen LogP contribution is -2.37. The average molecular weight is 322 g/mol. The van der Waals surface area contributed by atoms with Gasteiger partial charge < -0.3 is 9.88 Å². The molecule has 2 fully saturated rings. The summed E-state index contributed by atoms with van der Waals surface area (Å²) in [5.41, 5.74) is 1.55. The largest absolute Gasteiger partial charge is 0.347 e. The van der Waals surface area contributed by atoms with Gasteiger partial charge in [-0.15, -0.1) is 0 Å². The summed E-state index contributed by atoms with van der Waals surface area (Å²) < 4.78 is 1.60. The lowest BCUT2D eigenvalue weighted by atomic mass is 10.1. The summed E-state index contributed by atoms with van der Waals surface area (Å²) in [5.74, 6) is 0.745. The Labute approximate surface area is 141 Å². The molecule has 4 nitrogen and oxygen atoms in total. The van der Waals surface area contributed by atoms with Crippen molar-refractivity contribution in [1.29, 1.82) is 0 Å². The summed E-state index contributed by atoms with van der Waals surface area (Å²) in [7, 11) is 0. The van der Waals surface area contributed by atoms with Crippen LogP contribution in [0.25, 0.3) is 0 Å². The van der Waals surface area contributed by atoms with Crippen molar-refractivity contribution in [3.05, 3.63) is 70.1 Å². The van der Waals surface area contributed by atoms with E-state index in [9.17, 15) is 9.59 Å². The first kappa shape index (κ1) is 15.2. The van der Waals surface area contributed by atoms with Crippen LogP contribution in [0.2, 0.25) is 0 Å².